The summed E-state index contributed by atoms with van der Waals surface area (Å²) in [7, 11) is 0. The van der Waals surface area contributed by atoms with Crippen LogP contribution < -0.4 is 11.5 Å². The number of nitrogens with two attached hydrogens (primary N) is 2. The zero-order valence-electron chi connectivity index (χ0n) is 9.40. The SMILES string of the molecule is CC(C)(C)OC(=O)N1CC(N)C(N)C1.Cl. The molecular formula is C9H20ClN3O2. The molecule has 0 aromatic carbocycles. The summed E-state index contributed by atoms with van der Waals surface area (Å²) in [6, 6.07) is -0.273. The predicted octanol–water partition coefficient (Wildman–Crippen LogP) is 0.314. The van der Waals surface area contributed by atoms with E-state index in [1.54, 1.807) is 4.90 Å². The van der Waals surface area contributed by atoms with Gasteiger partial charge >= 0.3 is 6.09 Å². The molecule has 6 heteroatoms. The van der Waals surface area contributed by atoms with E-state index in [1.807, 2.05) is 20.8 Å². The molecule has 1 saturated heterocycles. The van der Waals surface area contributed by atoms with Gasteiger partial charge in [0.1, 0.15) is 5.60 Å². The van der Waals surface area contributed by atoms with E-state index in [1.165, 1.54) is 0 Å². The van der Waals surface area contributed by atoms with Crippen LogP contribution in [0.25, 0.3) is 0 Å². The van der Waals surface area contributed by atoms with Gasteiger partial charge in [-0.15, -0.1) is 12.4 Å². The molecule has 1 amide bonds. The van der Waals surface area contributed by atoms with E-state index >= 15 is 0 Å². The third kappa shape index (κ3) is 4.24. The molecule has 1 aliphatic heterocycles. The minimum absolute atomic E-state index is 0. The third-order valence-electron chi connectivity index (χ3n) is 2.06. The lowest BCUT2D eigenvalue weighted by Gasteiger charge is -2.24. The molecule has 2 atom stereocenters. The van der Waals surface area contributed by atoms with Crippen molar-refractivity contribution in [3.8, 4) is 0 Å². The Labute approximate surface area is 96.5 Å². The lowest BCUT2D eigenvalue weighted by atomic mass is 10.2. The fourth-order valence-corrected chi connectivity index (χ4v) is 1.33. The Morgan fingerprint density at radius 1 is 1.27 bits per heavy atom. The molecule has 0 saturated carbocycles. The van der Waals surface area contributed by atoms with E-state index in [2.05, 4.69) is 0 Å². The van der Waals surface area contributed by atoms with Crippen molar-refractivity contribution in [2.75, 3.05) is 13.1 Å². The Morgan fingerprint density at radius 3 is 2.00 bits per heavy atom. The molecule has 15 heavy (non-hydrogen) atoms. The molecule has 0 bridgehead atoms. The molecule has 5 nitrogen and oxygen atoms in total. The van der Waals surface area contributed by atoms with Crippen molar-refractivity contribution >= 4 is 18.5 Å². The van der Waals surface area contributed by atoms with Crippen LogP contribution in [0.15, 0.2) is 0 Å². The summed E-state index contributed by atoms with van der Waals surface area (Å²) in [5.74, 6) is 0. The quantitative estimate of drug-likeness (QED) is 0.636. The summed E-state index contributed by atoms with van der Waals surface area (Å²) >= 11 is 0. The van der Waals surface area contributed by atoms with Crippen LogP contribution in [0, 0.1) is 0 Å². The van der Waals surface area contributed by atoms with Crippen molar-refractivity contribution < 1.29 is 9.53 Å². The van der Waals surface area contributed by atoms with Crippen LogP contribution in [0.3, 0.4) is 0 Å². The fourth-order valence-electron chi connectivity index (χ4n) is 1.33. The highest BCUT2D eigenvalue weighted by Crippen LogP contribution is 2.13. The maximum absolute atomic E-state index is 11.5. The largest absolute Gasteiger partial charge is 0.444 e. The zero-order valence-corrected chi connectivity index (χ0v) is 10.2. The summed E-state index contributed by atoms with van der Waals surface area (Å²) in [5.41, 5.74) is 10.9. The van der Waals surface area contributed by atoms with Crippen LogP contribution in [0.1, 0.15) is 20.8 Å². The number of rotatable bonds is 0. The van der Waals surface area contributed by atoms with Crippen molar-refractivity contribution in [3.05, 3.63) is 0 Å². The summed E-state index contributed by atoms with van der Waals surface area (Å²) < 4.78 is 5.19. The summed E-state index contributed by atoms with van der Waals surface area (Å²) in [6.07, 6.45) is -0.332. The lowest BCUT2D eigenvalue weighted by molar-refractivity contribution is 0.0290. The molecule has 1 rings (SSSR count). The molecule has 0 radical (unpaired) electrons. The number of ether oxygens (including phenoxy) is 1. The van der Waals surface area contributed by atoms with Gasteiger partial charge in [-0.2, -0.15) is 0 Å². The van der Waals surface area contributed by atoms with Crippen LogP contribution in [-0.4, -0.2) is 41.8 Å². The minimum Gasteiger partial charge on any atom is -0.444 e. The van der Waals surface area contributed by atoms with Crippen molar-refractivity contribution in [3.63, 3.8) is 0 Å². The molecule has 1 fully saturated rings. The van der Waals surface area contributed by atoms with Gasteiger partial charge in [-0.1, -0.05) is 0 Å². The van der Waals surface area contributed by atoms with Crippen LogP contribution in [0.2, 0.25) is 0 Å². The Hall–Kier alpha value is -0.520. The molecule has 0 aromatic rings. The van der Waals surface area contributed by atoms with Gasteiger partial charge in [0, 0.05) is 25.2 Å². The number of hydrogen-bond acceptors (Lipinski definition) is 4. The molecule has 0 aromatic heterocycles. The summed E-state index contributed by atoms with van der Waals surface area (Å²) in [6.45, 7) is 6.47. The number of carbonyl (C=O) groups is 1. The average molecular weight is 238 g/mol. The van der Waals surface area contributed by atoms with E-state index in [0.29, 0.717) is 13.1 Å². The first-order valence-corrected chi connectivity index (χ1v) is 4.78. The third-order valence-corrected chi connectivity index (χ3v) is 2.06. The number of likely N-dealkylation sites (tertiary alicyclic amines) is 1. The van der Waals surface area contributed by atoms with Crippen molar-refractivity contribution in [2.45, 2.75) is 38.5 Å². The van der Waals surface area contributed by atoms with Gasteiger partial charge in [-0.05, 0) is 20.8 Å². The van der Waals surface area contributed by atoms with Gasteiger partial charge in [0.05, 0.1) is 0 Å². The highest BCUT2D eigenvalue weighted by atomic mass is 35.5. The number of carbonyl (C=O) groups excluding carboxylic acids is 1. The van der Waals surface area contributed by atoms with Gasteiger partial charge in [-0.3, -0.25) is 0 Å². The topological polar surface area (TPSA) is 81.6 Å². The van der Waals surface area contributed by atoms with Gasteiger partial charge in [0.2, 0.25) is 0 Å². The first-order valence-electron chi connectivity index (χ1n) is 4.78. The first kappa shape index (κ1) is 14.5. The monoisotopic (exact) mass is 237 g/mol. The molecule has 0 aliphatic carbocycles. The lowest BCUT2D eigenvalue weighted by Crippen LogP contribution is -2.39. The van der Waals surface area contributed by atoms with Crippen LogP contribution >= 0.6 is 12.4 Å². The van der Waals surface area contributed by atoms with E-state index in [0.717, 1.165) is 0 Å². The number of nitrogens with zero attached hydrogens (tertiary/aromatic N) is 1. The van der Waals surface area contributed by atoms with Crippen molar-refractivity contribution in [1.29, 1.82) is 0 Å². The van der Waals surface area contributed by atoms with Crippen molar-refractivity contribution in [1.82, 2.24) is 4.90 Å². The van der Waals surface area contributed by atoms with Crippen LogP contribution in [0.5, 0.6) is 0 Å². The Bertz CT molecular complexity index is 220. The zero-order chi connectivity index (χ0) is 10.9. The number of halogens is 1. The van der Waals surface area contributed by atoms with Gasteiger partial charge < -0.3 is 21.1 Å². The maximum atomic E-state index is 11.5. The Morgan fingerprint density at radius 2 is 1.67 bits per heavy atom. The molecule has 2 unspecified atom stereocenters. The van der Waals surface area contributed by atoms with Gasteiger partial charge in [0.25, 0.3) is 0 Å². The molecule has 4 N–H and O–H groups in total. The minimum atomic E-state index is -0.464. The molecule has 1 aliphatic rings. The predicted molar refractivity (Wildman–Crippen MR) is 61.0 cm³/mol. The number of hydrogen-bond donors (Lipinski definition) is 2. The molecule has 1 heterocycles. The molecule has 0 spiro atoms. The van der Waals surface area contributed by atoms with E-state index in [4.69, 9.17) is 16.2 Å². The fraction of sp³-hybridized carbons (Fsp3) is 0.889. The summed E-state index contributed by atoms with van der Waals surface area (Å²) in [4.78, 5) is 13.1. The maximum Gasteiger partial charge on any atom is 0.410 e. The van der Waals surface area contributed by atoms with E-state index in [-0.39, 0.29) is 30.6 Å². The average Bonchev–Trinajstić information content (AvgIpc) is 2.28. The summed E-state index contributed by atoms with van der Waals surface area (Å²) in [5, 5.41) is 0. The second kappa shape index (κ2) is 5.01. The van der Waals surface area contributed by atoms with Gasteiger partial charge in [-0.25, -0.2) is 4.79 Å². The second-order valence-corrected chi connectivity index (χ2v) is 4.71. The number of amides is 1. The van der Waals surface area contributed by atoms with Crippen LogP contribution in [0.4, 0.5) is 4.79 Å². The standard InChI is InChI=1S/C9H19N3O2.ClH/c1-9(2,3)14-8(13)12-4-6(10)7(11)5-12;/h6-7H,4-5,10-11H2,1-3H3;1H. The highest BCUT2D eigenvalue weighted by molar-refractivity contribution is 5.85. The molecular weight excluding hydrogens is 218 g/mol. The molecule has 90 valence electrons. The highest BCUT2D eigenvalue weighted by Gasteiger charge is 2.32. The van der Waals surface area contributed by atoms with Crippen LogP contribution in [-0.2, 0) is 4.74 Å². The smallest absolute Gasteiger partial charge is 0.410 e. The van der Waals surface area contributed by atoms with Gasteiger partial charge in [0.15, 0.2) is 0 Å². The Balaban J connectivity index is 0.00000196. The first-order chi connectivity index (χ1) is 6.29. The van der Waals surface area contributed by atoms with E-state index < -0.39 is 5.60 Å². The Kier molecular flexibility index (Phi) is 4.83. The van der Waals surface area contributed by atoms with Crippen molar-refractivity contribution in [2.24, 2.45) is 11.5 Å². The second-order valence-electron chi connectivity index (χ2n) is 4.71. The normalized spacial score (nSPS) is 26.1. The van der Waals surface area contributed by atoms with E-state index in [9.17, 15) is 4.79 Å².